The highest BCUT2D eigenvalue weighted by Crippen LogP contribution is 2.18. The zero-order valence-electron chi connectivity index (χ0n) is 9.12. The molecule has 0 spiro atoms. The first-order valence-electron chi connectivity index (χ1n) is 5.44. The quantitative estimate of drug-likeness (QED) is 0.707. The van der Waals surface area contributed by atoms with E-state index in [2.05, 4.69) is 19.2 Å². The lowest BCUT2D eigenvalue weighted by molar-refractivity contribution is 0.525. The number of sulfone groups is 1. The molecule has 1 rings (SSSR count). The van der Waals surface area contributed by atoms with Crippen LogP contribution in [-0.2, 0) is 9.84 Å². The predicted molar refractivity (Wildman–Crippen MR) is 59.1 cm³/mol. The van der Waals surface area contributed by atoms with Gasteiger partial charge in [-0.25, -0.2) is 8.42 Å². The SMILES string of the molecule is CC(C)CCNCC1CCCS1(=O)=O. The van der Waals surface area contributed by atoms with Crippen molar-refractivity contribution in [2.24, 2.45) is 5.92 Å². The first kappa shape index (κ1) is 12.0. The molecule has 1 N–H and O–H groups in total. The monoisotopic (exact) mass is 219 g/mol. The van der Waals surface area contributed by atoms with Crippen molar-refractivity contribution in [3.8, 4) is 0 Å². The van der Waals surface area contributed by atoms with Gasteiger partial charge in [-0.3, -0.25) is 0 Å². The van der Waals surface area contributed by atoms with Crippen LogP contribution in [0.2, 0.25) is 0 Å². The fourth-order valence-corrected chi connectivity index (χ4v) is 3.54. The van der Waals surface area contributed by atoms with Gasteiger partial charge in [0.05, 0.1) is 11.0 Å². The summed E-state index contributed by atoms with van der Waals surface area (Å²) in [6, 6.07) is 0. The summed E-state index contributed by atoms with van der Waals surface area (Å²) in [6.07, 6.45) is 2.81. The highest BCUT2D eigenvalue weighted by atomic mass is 32.2. The molecule has 84 valence electrons. The van der Waals surface area contributed by atoms with Gasteiger partial charge in [0.2, 0.25) is 0 Å². The molecule has 14 heavy (non-hydrogen) atoms. The van der Waals surface area contributed by atoms with E-state index >= 15 is 0 Å². The minimum absolute atomic E-state index is 0.116. The molecule has 1 fully saturated rings. The van der Waals surface area contributed by atoms with Crippen molar-refractivity contribution in [1.29, 1.82) is 0 Å². The molecule has 0 aromatic carbocycles. The van der Waals surface area contributed by atoms with Crippen LogP contribution in [0.15, 0.2) is 0 Å². The Morgan fingerprint density at radius 3 is 2.64 bits per heavy atom. The summed E-state index contributed by atoms with van der Waals surface area (Å²) in [5, 5.41) is 3.12. The molecule has 1 aliphatic heterocycles. The van der Waals surface area contributed by atoms with Crippen LogP contribution in [-0.4, -0.2) is 32.5 Å². The molecule has 4 heteroatoms. The van der Waals surface area contributed by atoms with Crippen molar-refractivity contribution in [3.05, 3.63) is 0 Å². The maximum atomic E-state index is 11.4. The van der Waals surface area contributed by atoms with E-state index in [-0.39, 0.29) is 5.25 Å². The Kier molecular flexibility index (Phi) is 4.38. The lowest BCUT2D eigenvalue weighted by Gasteiger charge is -2.11. The normalized spacial score (nSPS) is 25.8. The molecular formula is C10H21NO2S. The third-order valence-electron chi connectivity index (χ3n) is 2.73. The summed E-state index contributed by atoms with van der Waals surface area (Å²) in [5.41, 5.74) is 0. The van der Waals surface area contributed by atoms with E-state index in [1.165, 1.54) is 0 Å². The third-order valence-corrected chi connectivity index (χ3v) is 5.01. The van der Waals surface area contributed by atoms with Crippen molar-refractivity contribution >= 4 is 9.84 Å². The maximum absolute atomic E-state index is 11.4. The largest absolute Gasteiger partial charge is 0.315 e. The Bertz CT molecular complexity index is 259. The van der Waals surface area contributed by atoms with Gasteiger partial charge in [-0.15, -0.1) is 0 Å². The van der Waals surface area contributed by atoms with Gasteiger partial charge in [-0.2, -0.15) is 0 Å². The van der Waals surface area contributed by atoms with E-state index in [0.29, 0.717) is 18.2 Å². The first-order chi connectivity index (χ1) is 6.52. The van der Waals surface area contributed by atoms with E-state index in [0.717, 1.165) is 25.8 Å². The van der Waals surface area contributed by atoms with Gasteiger partial charge in [0.25, 0.3) is 0 Å². The standard InChI is InChI=1S/C10H21NO2S/c1-9(2)5-6-11-8-10-4-3-7-14(10,12)13/h9-11H,3-8H2,1-2H3. The lowest BCUT2D eigenvalue weighted by atomic mass is 10.1. The molecule has 0 saturated carbocycles. The molecule has 0 aliphatic carbocycles. The van der Waals surface area contributed by atoms with Crippen LogP contribution >= 0.6 is 0 Å². The molecule has 0 aromatic rings. The summed E-state index contributed by atoms with van der Waals surface area (Å²) in [7, 11) is -2.75. The summed E-state index contributed by atoms with van der Waals surface area (Å²) < 4.78 is 22.9. The van der Waals surface area contributed by atoms with Gasteiger partial charge in [0.1, 0.15) is 0 Å². The summed E-state index contributed by atoms with van der Waals surface area (Å²) in [5.74, 6) is 1.08. The highest BCUT2D eigenvalue weighted by molar-refractivity contribution is 7.92. The van der Waals surface area contributed by atoms with Gasteiger partial charge in [0, 0.05) is 6.54 Å². The van der Waals surface area contributed by atoms with Crippen LogP contribution in [0, 0.1) is 5.92 Å². The predicted octanol–water partition coefficient (Wildman–Crippen LogP) is 1.20. The summed E-state index contributed by atoms with van der Waals surface area (Å²) in [4.78, 5) is 0. The number of hydrogen-bond donors (Lipinski definition) is 1. The second-order valence-electron chi connectivity index (χ2n) is 4.52. The van der Waals surface area contributed by atoms with E-state index in [9.17, 15) is 8.42 Å². The molecule has 1 aliphatic rings. The van der Waals surface area contributed by atoms with Crippen molar-refractivity contribution in [2.45, 2.75) is 38.4 Å². The molecule has 1 saturated heterocycles. The minimum atomic E-state index is -2.75. The van der Waals surface area contributed by atoms with Crippen molar-refractivity contribution in [1.82, 2.24) is 5.32 Å². The number of rotatable bonds is 5. The molecule has 0 aromatic heterocycles. The summed E-state index contributed by atoms with van der Waals surface area (Å²) in [6.45, 7) is 5.93. The Balaban J connectivity index is 2.19. The van der Waals surface area contributed by atoms with Gasteiger partial charge >= 0.3 is 0 Å². The van der Waals surface area contributed by atoms with Gasteiger partial charge in [0.15, 0.2) is 9.84 Å². The molecule has 1 unspecified atom stereocenters. The Labute approximate surface area is 87.2 Å². The van der Waals surface area contributed by atoms with Crippen LogP contribution < -0.4 is 5.32 Å². The number of nitrogens with one attached hydrogen (secondary N) is 1. The van der Waals surface area contributed by atoms with E-state index < -0.39 is 9.84 Å². The molecule has 0 amide bonds. The Morgan fingerprint density at radius 1 is 1.43 bits per heavy atom. The fourth-order valence-electron chi connectivity index (χ4n) is 1.74. The van der Waals surface area contributed by atoms with Crippen LogP contribution in [0.5, 0.6) is 0 Å². The molecular weight excluding hydrogens is 198 g/mol. The Morgan fingerprint density at radius 2 is 2.14 bits per heavy atom. The molecule has 1 heterocycles. The van der Waals surface area contributed by atoms with Crippen molar-refractivity contribution in [3.63, 3.8) is 0 Å². The number of hydrogen-bond acceptors (Lipinski definition) is 3. The summed E-state index contributed by atoms with van der Waals surface area (Å²) >= 11 is 0. The maximum Gasteiger partial charge on any atom is 0.154 e. The van der Waals surface area contributed by atoms with E-state index in [1.807, 2.05) is 0 Å². The zero-order valence-corrected chi connectivity index (χ0v) is 9.94. The molecule has 0 bridgehead atoms. The molecule has 1 atom stereocenters. The van der Waals surface area contributed by atoms with Crippen LogP contribution in [0.3, 0.4) is 0 Å². The van der Waals surface area contributed by atoms with E-state index in [4.69, 9.17) is 0 Å². The highest BCUT2D eigenvalue weighted by Gasteiger charge is 2.30. The molecule has 0 radical (unpaired) electrons. The average Bonchev–Trinajstić information content (AvgIpc) is 2.39. The minimum Gasteiger partial charge on any atom is -0.315 e. The van der Waals surface area contributed by atoms with Crippen LogP contribution in [0.25, 0.3) is 0 Å². The molecule has 3 nitrogen and oxygen atoms in total. The topological polar surface area (TPSA) is 46.2 Å². The van der Waals surface area contributed by atoms with Crippen molar-refractivity contribution < 1.29 is 8.42 Å². The second kappa shape index (κ2) is 5.12. The van der Waals surface area contributed by atoms with Crippen LogP contribution in [0.1, 0.15) is 33.1 Å². The van der Waals surface area contributed by atoms with Gasteiger partial charge < -0.3 is 5.32 Å². The lowest BCUT2D eigenvalue weighted by Crippen LogP contribution is -2.31. The van der Waals surface area contributed by atoms with Gasteiger partial charge in [-0.05, 0) is 31.7 Å². The second-order valence-corrected chi connectivity index (χ2v) is 6.92. The van der Waals surface area contributed by atoms with Gasteiger partial charge in [-0.1, -0.05) is 13.8 Å². The first-order valence-corrected chi connectivity index (χ1v) is 7.16. The smallest absolute Gasteiger partial charge is 0.154 e. The fraction of sp³-hybridized carbons (Fsp3) is 1.00. The average molecular weight is 219 g/mol. The third kappa shape index (κ3) is 3.58. The van der Waals surface area contributed by atoms with E-state index in [1.54, 1.807) is 0 Å². The van der Waals surface area contributed by atoms with Crippen molar-refractivity contribution in [2.75, 3.05) is 18.8 Å². The zero-order chi connectivity index (χ0) is 10.6. The van der Waals surface area contributed by atoms with Crippen LogP contribution in [0.4, 0.5) is 0 Å². The Hall–Kier alpha value is -0.0900.